The van der Waals surface area contributed by atoms with Gasteiger partial charge in [0.05, 0.1) is 6.61 Å². The zero-order valence-corrected chi connectivity index (χ0v) is 15.6. The molecule has 0 saturated heterocycles. The number of anilines is 1. The molecule has 3 aromatic rings. The third-order valence-electron chi connectivity index (χ3n) is 3.90. The van der Waals surface area contributed by atoms with Crippen LogP contribution in [0.3, 0.4) is 0 Å². The Morgan fingerprint density at radius 3 is 2.50 bits per heavy atom. The summed E-state index contributed by atoms with van der Waals surface area (Å²) in [5, 5.41) is 4.16. The fraction of sp³-hybridized carbons (Fsp3) is 0.294. The number of aromatic nitrogens is 3. The molecule has 0 fully saturated rings. The topological polar surface area (TPSA) is 94.7 Å². The molecule has 9 heteroatoms. The van der Waals surface area contributed by atoms with E-state index in [-0.39, 0.29) is 16.0 Å². The highest BCUT2D eigenvalue weighted by atomic mass is 32.2. The monoisotopic (exact) mass is 376 g/mol. The van der Waals surface area contributed by atoms with Crippen molar-refractivity contribution in [2.45, 2.75) is 25.2 Å². The lowest BCUT2D eigenvalue weighted by Crippen LogP contribution is -2.23. The first-order valence-electron chi connectivity index (χ1n) is 8.19. The third-order valence-corrected chi connectivity index (χ3v) is 5.24. The van der Waals surface area contributed by atoms with Crippen LogP contribution in [0.1, 0.15) is 19.7 Å². The number of hydrogen-bond donors (Lipinski definition) is 1. The van der Waals surface area contributed by atoms with Gasteiger partial charge in [-0.2, -0.15) is 5.10 Å². The first-order valence-corrected chi connectivity index (χ1v) is 9.68. The molecule has 138 valence electrons. The molecule has 1 aromatic carbocycles. The van der Waals surface area contributed by atoms with Gasteiger partial charge >= 0.3 is 0 Å². The summed E-state index contributed by atoms with van der Waals surface area (Å²) in [5.74, 6) is 1.26. The van der Waals surface area contributed by atoms with Crippen molar-refractivity contribution >= 4 is 21.2 Å². The first kappa shape index (κ1) is 18.0. The largest absolute Gasteiger partial charge is 0.494 e. The van der Waals surface area contributed by atoms with Gasteiger partial charge in [-0.3, -0.25) is 13.9 Å². The van der Waals surface area contributed by atoms with Crippen molar-refractivity contribution in [2.24, 2.45) is 7.05 Å². The number of fused-ring (bicyclic) bond motifs is 1. The van der Waals surface area contributed by atoms with Crippen LogP contribution in [0.5, 0.6) is 5.75 Å². The van der Waals surface area contributed by atoms with E-state index in [1.165, 1.54) is 21.3 Å². The molecule has 0 unspecified atom stereocenters. The average Bonchev–Trinajstić information content (AvgIpc) is 3.06. The Kier molecular flexibility index (Phi) is 4.73. The lowest BCUT2D eigenvalue weighted by molar-refractivity contribution is 0.340. The van der Waals surface area contributed by atoms with Crippen LogP contribution >= 0.6 is 0 Å². The molecule has 8 nitrogen and oxygen atoms in total. The molecule has 0 aliphatic heterocycles. The van der Waals surface area contributed by atoms with Gasteiger partial charge in [0.15, 0.2) is 0 Å². The summed E-state index contributed by atoms with van der Waals surface area (Å²) in [4.78, 5) is 12.3. The van der Waals surface area contributed by atoms with Crippen LogP contribution in [-0.2, 0) is 23.5 Å². The summed E-state index contributed by atoms with van der Waals surface area (Å²) in [5.41, 5.74) is 0.321. The highest BCUT2D eigenvalue weighted by molar-refractivity contribution is 7.92. The highest BCUT2D eigenvalue weighted by Crippen LogP contribution is 2.21. The van der Waals surface area contributed by atoms with Crippen LogP contribution in [0, 0.1) is 0 Å². The van der Waals surface area contributed by atoms with Gasteiger partial charge in [-0.1, -0.05) is 6.92 Å². The van der Waals surface area contributed by atoms with Crippen molar-refractivity contribution in [3.63, 3.8) is 0 Å². The SMILES string of the molecule is CCOc1ccc(NS(=O)(=O)c2cc3c(=O)n(C)nc(CC)n3c2)cc1. The van der Waals surface area contributed by atoms with Crippen LogP contribution in [0.25, 0.3) is 5.52 Å². The van der Waals surface area contributed by atoms with Crippen LogP contribution in [0.15, 0.2) is 46.2 Å². The second-order valence-electron chi connectivity index (χ2n) is 5.69. The van der Waals surface area contributed by atoms with Crippen molar-refractivity contribution in [3.05, 3.63) is 52.7 Å². The van der Waals surface area contributed by atoms with Crippen molar-refractivity contribution in [1.29, 1.82) is 0 Å². The summed E-state index contributed by atoms with van der Waals surface area (Å²) < 4.78 is 36.0. The average molecular weight is 376 g/mol. The Bertz CT molecular complexity index is 1100. The number of nitrogens with zero attached hydrogens (tertiary/aromatic N) is 3. The van der Waals surface area contributed by atoms with Gasteiger partial charge in [0.25, 0.3) is 15.6 Å². The van der Waals surface area contributed by atoms with Crippen LogP contribution in [-0.4, -0.2) is 29.2 Å². The summed E-state index contributed by atoms with van der Waals surface area (Å²) in [6, 6.07) is 7.98. The predicted molar refractivity (Wildman–Crippen MR) is 98.2 cm³/mol. The smallest absolute Gasteiger partial charge is 0.290 e. The molecule has 2 heterocycles. The molecule has 3 rings (SSSR count). The highest BCUT2D eigenvalue weighted by Gasteiger charge is 2.19. The van der Waals surface area contributed by atoms with Crippen LogP contribution in [0.4, 0.5) is 5.69 Å². The fourth-order valence-corrected chi connectivity index (χ4v) is 3.71. The van der Waals surface area contributed by atoms with Crippen molar-refractivity contribution in [1.82, 2.24) is 14.2 Å². The van der Waals surface area contributed by atoms with E-state index in [1.807, 2.05) is 13.8 Å². The lowest BCUT2D eigenvalue weighted by atomic mass is 10.3. The maximum atomic E-state index is 12.7. The molecule has 0 aliphatic rings. The minimum atomic E-state index is -3.84. The summed E-state index contributed by atoms with van der Waals surface area (Å²) in [6.07, 6.45) is 1.98. The zero-order chi connectivity index (χ0) is 18.9. The standard InChI is InChI=1S/C17H20N4O4S/c1-4-16-18-20(3)17(22)15-10-14(11-21(15)16)26(23,24)19-12-6-8-13(9-7-12)25-5-2/h6-11,19H,4-5H2,1-3H3. The minimum Gasteiger partial charge on any atom is -0.494 e. The van der Waals surface area contributed by atoms with E-state index in [1.54, 1.807) is 31.3 Å². The van der Waals surface area contributed by atoms with Crippen LogP contribution < -0.4 is 15.0 Å². The molecular formula is C17H20N4O4S. The van der Waals surface area contributed by atoms with Crippen molar-refractivity contribution in [3.8, 4) is 5.75 Å². The first-order chi connectivity index (χ1) is 12.4. The molecule has 0 radical (unpaired) electrons. The predicted octanol–water partition coefficient (Wildman–Crippen LogP) is 1.79. The van der Waals surface area contributed by atoms with E-state index in [4.69, 9.17) is 4.74 Å². The molecule has 0 aliphatic carbocycles. The number of ether oxygens (including phenoxy) is 1. The Balaban J connectivity index is 1.99. The van der Waals surface area contributed by atoms with Gasteiger partial charge in [-0.15, -0.1) is 0 Å². The minimum absolute atomic E-state index is 0.00573. The molecule has 26 heavy (non-hydrogen) atoms. The molecule has 1 N–H and O–H groups in total. The van der Waals surface area contributed by atoms with E-state index < -0.39 is 10.0 Å². The van der Waals surface area contributed by atoms with E-state index in [0.29, 0.717) is 30.3 Å². The van der Waals surface area contributed by atoms with E-state index >= 15 is 0 Å². The number of aryl methyl sites for hydroxylation is 2. The normalized spacial score (nSPS) is 11.7. The van der Waals surface area contributed by atoms with Crippen LogP contribution in [0.2, 0.25) is 0 Å². The fourth-order valence-electron chi connectivity index (χ4n) is 2.64. The summed E-state index contributed by atoms with van der Waals surface area (Å²) in [6.45, 7) is 4.29. The van der Waals surface area contributed by atoms with E-state index in [2.05, 4.69) is 9.82 Å². The van der Waals surface area contributed by atoms with Gasteiger partial charge in [0.1, 0.15) is 22.0 Å². The second kappa shape index (κ2) is 6.83. The van der Waals surface area contributed by atoms with E-state index in [9.17, 15) is 13.2 Å². The number of benzene rings is 1. The summed E-state index contributed by atoms with van der Waals surface area (Å²) >= 11 is 0. The van der Waals surface area contributed by atoms with Gasteiger partial charge in [-0.05, 0) is 37.3 Å². The lowest BCUT2D eigenvalue weighted by Gasteiger charge is -2.08. The molecule has 2 aromatic heterocycles. The van der Waals surface area contributed by atoms with Gasteiger partial charge in [0, 0.05) is 25.4 Å². The molecule has 0 bridgehead atoms. The molecule has 0 spiro atoms. The molecular weight excluding hydrogens is 356 g/mol. The van der Waals surface area contributed by atoms with Crippen molar-refractivity contribution in [2.75, 3.05) is 11.3 Å². The Labute approximate surface area is 151 Å². The molecule has 0 saturated carbocycles. The zero-order valence-electron chi connectivity index (χ0n) is 14.8. The summed E-state index contributed by atoms with van der Waals surface area (Å²) in [7, 11) is -2.30. The van der Waals surface area contributed by atoms with Gasteiger partial charge in [0.2, 0.25) is 0 Å². The maximum Gasteiger partial charge on any atom is 0.290 e. The van der Waals surface area contributed by atoms with Crippen molar-refractivity contribution < 1.29 is 13.2 Å². The number of hydrogen-bond acceptors (Lipinski definition) is 5. The quantitative estimate of drug-likeness (QED) is 0.708. The Morgan fingerprint density at radius 2 is 1.88 bits per heavy atom. The maximum absolute atomic E-state index is 12.7. The Hall–Kier alpha value is -2.81. The molecule has 0 amide bonds. The number of nitrogens with one attached hydrogen (secondary N) is 1. The van der Waals surface area contributed by atoms with Gasteiger partial charge < -0.3 is 4.74 Å². The third kappa shape index (κ3) is 3.30. The molecule has 0 atom stereocenters. The van der Waals surface area contributed by atoms with E-state index in [0.717, 1.165) is 0 Å². The Morgan fingerprint density at radius 1 is 1.19 bits per heavy atom. The van der Waals surface area contributed by atoms with Gasteiger partial charge in [-0.25, -0.2) is 13.1 Å². The number of sulfonamides is 1. The second-order valence-corrected chi connectivity index (χ2v) is 7.37. The number of rotatable bonds is 6.